The average molecular weight is 238 g/mol. The quantitative estimate of drug-likeness (QED) is 0.892. The summed E-state index contributed by atoms with van der Waals surface area (Å²) in [4.78, 5) is 8.55. The van der Waals surface area contributed by atoms with Crippen molar-refractivity contribution in [3.8, 4) is 6.07 Å². The molecule has 90 valence electrons. The highest BCUT2D eigenvalue weighted by Gasteiger charge is 2.03. The van der Waals surface area contributed by atoms with Crippen LogP contribution in [0.15, 0.2) is 30.5 Å². The first-order valence-electron chi connectivity index (χ1n) is 5.72. The molecule has 2 aromatic heterocycles. The summed E-state index contributed by atoms with van der Waals surface area (Å²) in [6.45, 7) is 4.46. The van der Waals surface area contributed by atoms with Gasteiger partial charge in [-0.15, -0.1) is 0 Å². The van der Waals surface area contributed by atoms with E-state index in [2.05, 4.69) is 21.4 Å². The van der Waals surface area contributed by atoms with E-state index in [9.17, 15) is 0 Å². The van der Waals surface area contributed by atoms with Gasteiger partial charge >= 0.3 is 0 Å². The Morgan fingerprint density at radius 3 is 2.61 bits per heavy atom. The fourth-order valence-electron chi connectivity index (χ4n) is 1.57. The molecular formula is C14H14N4. The van der Waals surface area contributed by atoms with Crippen LogP contribution in [0.4, 0.5) is 5.82 Å². The van der Waals surface area contributed by atoms with E-state index >= 15 is 0 Å². The van der Waals surface area contributed by atoms with Crippen LogP contribution in [-0.2, 0) is 6.54 Å². The monoisotopic (exact) mass is 238 g/mol. The summed E-state index contributed by atoms with van der Waals surface area (Å²) in [7, 11) is 0. The molecule has 4 heteroatoms. The zero-order valence-corrected chi connectivity index (χ0v) is 10.4. The van der Waals surface area contributed by atoms with Crippen LogP contribution in [-0.4, -0.2) is 9.97 Å². The highest BCUT2D eigenvalue weighted by molar-refractivity contribution is 5.52. The van der Waals surface area contributed by atoms with Crippen LogP contribution in [0, 0.1) is 25.2 Å². The lowest BCUT2D eigenvalue weighted by molar-refractivity contribution is 1.05. The number of pyridine rings is 2. The third-order valence-corrected chi connectivity index (χ3v) is 2.59. The van der Waals surface area contributed by atoms with E-state index in [0.29, 0.717) is 17.9 Å². The minimum absolute atomic E-state index is 0.556. The molecule has 0 fully saturated rings. The van der Waals surface area contributed by atoms with Gasteiger partial charge in [0.05, 0.1) is 5.56 Å². The number of nitriles is 1. The zero-order chi connectivity index (χ0) is 13.0. The van der Waals surface area contributed by atoms with Crippen molar-refractivity contribution in [1.82, 2.24) is 9.97 Å². The third kappa shape index (κ3) is 2.83. The fraction of sp³-hybridized carbons (Fsp3) is 0.214. The van der Waals surface area contributed by atoms with Crippen LogP contribution in [0.3, 0.4) is 0 Å². The molecule has 0 amide bonds. The van der Waals surface area contributed by atoms with Gasteiger partial charge in [0.15, 0.2) is 0 Å². The SMILES string of the molecule is Cc1ccc(CNc2nc(C)ccc2C#N)cn1. The lowest BCUT2D eigenvalue weighted by atomic mass is 10.2. The standard InChI is InChI=1S/C14H14N4/c1-10-3-5-12(8-16-10)9-17-14-13(7-15)6-4-11(2)18-14/h3-6,8H,9H2,1-2H3,(H,17,18). The fourth-order valence-corrected chi connectivity index (χ4v) is 1.57. The zero-order valence-electron chi connectivity index (χ0n) is 10.4. The average Bonchev–Trinajstić information content (AvgIpc) is 2.38. The summed E-state index contributed by atoms with van der Waals surface area (Å²) in [5, 5.41) is 12.2. The van der Waals surface area contributed by atoms with Crippen LogP contribution in [0.5, 0.6) is 0 Å². The van der Waals surface area contributed by atoms with E-state index in [-0.39, 0.29) is 0 Å². The second-order valence-corrected chi connectivity index (χ2v) is 4.12. The van der Waals surface area contributed by atoms with Crippen LogP contribution < -0.4 is 5.32 Å². The van der Waals surface area contributed by atoms with E-state index in [1.165, 1.54) is 0 Å². The number of nitrogens with zero attached hydrogens (tertiary/aromatic N) is 3. The highest BCUT2D eigenvalue weighted by atomic mass is 15.0. The molecule has 2 rings (SSSR count). The molecule has 2 heterocycles. The summed E-state index contributed by atoms with van der Waals surface area (Å²) in [5.41, 5.74) is 3.50. The van der Waals surface area contributed by atoms with Gasteiger partial charge in [-0.05, 0) is 37.6 Å². The largest absolute Gasteiger partial charge is 0.365 e. The topological polar surface area (TPSA) is 61.6 Å². The number of aryl methyl sites for hydroxylation is 2. The molecule has 0 unspecified atom stereocenters. The summed E-state index contributed by atoms with van der Waals surface area (Å²) < 4.78 is 0. The molecule has 0 aromatic carbocycles. The van der Waals surface area contributed by atoms with Gasteiger partial charge in [-0.1, -0.05) is 6.07 Å². The molecule has 2 aromatic rings. The van der Waals surface area contributed by atoms with Crippen LogP contribution in [0.1, 0.15) is 22.5 Å². The first-order valence-corrected chi connectivity index (χ1v) is 5.72. The molecule has 0 radical (unpaired) electrons. The molecule has 0 saturated carbocycles. The van der Waals surface area contributed by atoms with Gasteiger partial charge in [-0.3, -0.25) is 4.98 Å². The summed E-state index contributed by atoms with van der Waals surface area (Å²) in [6.07, 6.45) is 1.82. The van der Waals surface area contributed by atoms with Crippen molar-refractivity contribution in [3.05, 3.63) is 53.0 Å². The van der Waals surface area contributed by atoms with Crippen molar-refractivity contribution in [2.75, 3.05) is 5.32 Å². The Balaban J connectivity index is 2.13. The van der Waals surface area contributed by atoms with Crippen molar-refractivity contribution >= 4 is 5.82 Å². The molecule has 1 N–H and O–H groups in total. The van der Waals surface area contributed by atoms with E-state index in [1.54, 1.807) is 6.07 Å². The number of nitrogens with one attached hydrogen (secondary N) is 1. The summed E-state index contributed by atoms with van der Waals surface area (Å²) >= 11 is 0. The maximum absolute atomic E-state index is 9.00. The van der Waals surface area contributed by atoms with Gasteiger partial charge in [0, 0.05) is 24.1 Å². The molecule has 0 aliphatic rings. The number of hydrogen-bond donors (Lipinski definition) is 1. The Bertz CT molecular complexity index is 582. The van der Waals surface area contributed by atoms with E-state index < -0.39 is 0 Å². The molecule has 0 aliphatic carbocycles. The Hall–Kier alpha value is -2.41. The molecule has 0 saturated heterocycles. The normalized spacial score (nSPS) is 9.83. The molecular weight excluding hydrogens is 224 g/mol. The lowest BCUT2D eigenvalue weighted by Crippen LogP contribution is -2.04. The number of rotatable bonds is 3. The predicted octanol–water partition coefficient (Wildman–Crippen LogP) is 2.58. The molecule has 0 bridgehead atoms. The van der Waals surface area contributed by atoms with E-state index in [4.69, 9.17) is 5.26 Å². The molecule has 0 atom stereocenters. The van der Waals surface area contributed by atoms with Crippen molar-refractivity contribution in [2.45, 2.75) is 20.4 Å². The predicted molar refractivity (Wildman–Crippen MR) is 70.0 cm³/mol. The number of anilines is 1. The Kier molecular flexibility index (Phi) is 3.54. The summed E-state index contributed by atoms with van der Waals surface area (Å²) in [5.74, 6) is 0.623. The molecule has 0 aliphatic heterocycles. The Morgan fingerprint density at radius 2 is 1.94 bits per heavy atom. The van der Waals surface area contributed by atoms with Gasteiger partial charge < -0.3 is 5.32 Å². The Labute approximate surface area is 106 Å². The van der Waals surface area contributed by atoms with Crippen molar-refractivity contribution in [3.63, 3.8) is 0 Å². The smallest absolute Gasteiger partial charge is 0.144 e. The second-order valence-electron chi connectivity index (χ2n) is 4.12. The molecule has 18 heavy (non-hydrogen) atoms. The molecule has 4 nitrogen and oxygen atoms in total. The number of hydrogen-bond acceptors (Lipinski definition) is 4. The highest BCUT2D eigenvalue weighted by Crippen LogP contribution is 2.13. The minimum atomic E-state index is 0.556. The maximum atomic E-state index is 9.00. The summed E-state index contributed by atoms with van der Waals surface area (Å²) in [6, 6.07) is 9.71. The Morgan fingerprint density at radius 1 is 1.17 bits per heavy atom. The lowest BCUT2D eigenvalue weighted by Gasteiger charge is -2.08. The van der Waals surface area contributed by atoms with Crippen molar-refractivity contribution in [2.24, 2.45) is 0 Å². The molecule has 0 spiro atoms. The van der Waals surface area contributed by atoms with E-state index in [1.807, 2.05) is 38.2 Å². The number of aromatic nitrogens is 2. The van der Waals surface area contributed by atoms with Gasteiger partial charge in [0.25, 0.3) is 0 Å². The minimum Gasteiger partial charge on any atom is -0.365 e. The maximum Gasteiger partial charge on any atom is 0.144 e. The third-order valence-electron chi connectivity index (χ3n) is 2.59. The van der Waals surface area contributed by atoms with Crippen molar-refractivity contribution in [1.29, 1.82) is 5.26 Å². The van der Waals surface area contributed by atoms with Crippen LogP contribution in [0.25, 0.3) is 0 Å². The second kappa shape index (κ2) is 5.28. The van der Waals surface area contributed by atoms with Gasteiger partial charge in [-0.2, -0.15) is 5.26 Å². The van der Waals surface area contributed by atoms with Crippen LogP contribution >= 0.6 is 0 Å². The first kappa shape index (κ1) is 12.1. The van der Waals surface area contributed by atoms with Crippen molar-refractivity contribution < 1.29 is 0 Å². The van der Waals surface area contributed by atoms with Crippen LogP contribution in [0.2, 0.25) is 0 Å². The van der Waals surface area contributed by atoms with Gasteiger partial charge in [0.2, 0.25) is 0 Å². The van der Waals surface area contributed by atoms with Gasteiger partial charge in [0.1, 0.15) is 11.9 Å². The van der Waals surface area contributed by atoms with Gasteiger partial charge in [-0.25, -0.2) is 4.98 Å². The van der Waals surface area contributed by atoms with E-state index in [0.717, 1.165) is 17.0 Å². The first-order chi connectivity index (χ1) is 8.69.